The van der Waals surface area contributed by atoms with Crippen molar-refractivity contribution in [3.8, 4) is 23.0 Å². The van der Waals surface area contributed by atoms with Gasteiger partial charge in [0.1, 0.15) is 13.2 Å². The van der Waals surface area contributed by atoms with E-state index in [9.17, 15) is 4.79 Å². The number of anilines is 1. The van der Waals surface area contributed by atoms with E-state index in [1.165, 1.54) is 0 Å². The third-order valence-corrected chi connectivity index (χ3v) is 3.99. The second kappa shape index (κ2) is 7.44. The summed E-state index contributed by atoms with van der Waals surface area (Å²) in [5.74, 6) is 2.04. The van der Waals surface area contributed by atoms with E-state index in [1.807, 2.05) is 12.1 Å². The van der Waals surface area contributed by atoms with Crippen LogP contribution in [0.15, 0.2) is 40.9 Å². The highest BCUT2D eigenvalue weighted by molar-refractivity contribution is 9.10. The van der Waals surface area contributed by atoms with Gasteiger partial charge >= 0.3 is 0 Å². The second-order valence-corrected chi connectivity index (χ2v) is 5.82. The molecule has 1 aliphatic heterocycles. The number of amides is 1. The predicted octanol–water partition coefficient (Wildman–Crippen LogP) is 3.25. The Kier molecular flexibility index (Phi) is 5.10. The fraction of sp³-hybridized carbons (Fsp3) is 0.235. The highest BCUT2D eigenvalue weighted by Crippen LogP contribution is 2.38. The molecule has 0 unspecified atom stereocenters. The van der Waals surface area contributed by atoms with Crippen LogP contribution < -0.4 is 24.3 Å². The number of halogens is 1. The number of nitrogens with one attached hydrogen (secondary N) is 1. The molecule has 0 saturated carbocycles. The van der Waals surface area contributed by atoms with E-state index >= 15 is 0 Å². The van der Waals surface area contributed by atoms with Crippen LogP contribution in [0, 0.1) is 0 Å². The van der Waals surface area contributed by atoms with Crippen LogP contribution in [-0.2, 0) is 4.79 Å². The van der Waals surface area contributed by atoms with Crippen LogP contribution in [0.4, 0.5) is 5.69 Å². The molecule has 0 spiro atoms. The maximum Gasteiger partial charge on any atom is 0.262 e. The van der Waals surface area contributed by atoms with Crippen LogP contribution in [0.1, 0.15) is 0 Å². The standard InChI is InChI=1S/C17H16BrNO5/c1-21-13-4-2-3-5-14(13)24-10-17(20)19-12-9-16-15(8-11(12)18)22-6-7-23-16/h2-5,8-9H,6-7,10H2,1H3,(H,19,20). The number of benzene rings is 2. The van der Waals surface area contributed by atoms with Gasteiger partial charge in [0.25, 0.3) is 5.91 Å². The lowest BCUT2D eigenvalue weighted by Gasteiger charge is -2.20. The molecule has 1 amide bonds. The average Bonchev–Trinajstić information content (AvgIpc) is 2.61. The Morgan fingerprint density at radius 1 is 1.17 bits per heavy atom. The molecule has 126 valence electrons. The summed E-state index contributed by atoms with van der Waals surface area (Å²) >= 11 is 3.41. The van der Waals surface area contributed by atoms with Crippen molar-refractivity contribution in [3.05, 3.63) is 40.9 Å². The summed E-state index contributed by atoms with van der Waals surface area (Å²) in [7, 11) is 1.55. The van der Waals surface area contributed by atoms with E-state index in [0.717, 1.165) is 0 Å². The first-order valence-electron chi connectivity index (χ1n) is 7.32. The van der Waals surface area contributed by atoms with Crippen molar-refractivity contribution in [2.45, 2.75) is 0 Å². The molecule has 2 aromatic carbocycles. The molecule has 0 aromatic heterocycles. The zero-order valence-corrected chi connectivity index (χ0v) is 14.6. The summed E-state index contributed by atoms with van der Waals surface area (Å²) in [5.41, 5.74) is 0.591. The lowest BCUT2D eigenvalue weighted by molar-refractivity contribution is -0.118. The van der Waals surface area contributed by atoms with Gasteiger partial charge in [-0.3, -0.25) is 4.79 Å². The number of hydrogen-bond acceptors (Lipinski definition) is 5. The van der Waals surface area contributed by atoms with Crippen molar-refractivity contribution < 1.29 is 23.7 Å². The molecule has 7 heteroatoms. The summed E-state index contributed by atoms with van der Waals surface area (Å²) in [6.07, 6.45) is 0. The van der Waals surface area contributed by atoms with Crippen LogP contribution in [0.25, 0.3) is 0 Å². The minimum atomic E-state index is -0.293. The van der Waals surface area contributed by atoms with Crippen LogP contribution in [-0.4, -0.2) is 32.8 Å². The van der Waals surface area contributed by atoms with Crippen LogP contribution in [0.3, 0.4) is 0 Å². The summed E-state index contributed by atoms with van der Waals surface area (Å²) in [5, 5.41) is 2.78. The summed E-state index contributed by atoms with van der Waals surface area (Å²) in [4.78, 5) is 12.1. The molecule has 1 heterocycles. The topological polar surface area (TPSA) is 66.0 Å². The van der Waals surface area contributed by atoms with Crippen molar-refractivity contribution >= 4 is 27.5 Å². The predicted molar refractivity (Wildman–Crippen MR) is 92.3 cm³/mol. The largest absolute Gasteiger partial charge is 0.493 e. The number of carbonyl (C=O) groups excluding carboxylic acids is 1. The van der Waals surface area contributed by atoms with E-state index in [1.54, 1.807) is 31.4 Å². The number of rotatable bonds is 5. The third kappa shape index (κ3) is 3.73. The van der Waals surface area contributed by atoms with E-state index in [0.29, 0.717) is 46.4 Å². The van der Waals surface area contributed by atoms with E-state index < -0.39 is 0 Å². The van der Waals surface area contributed by atoms with Gasteiger partial charge in [-0.05, 0) is 28.1 Å². The van der Waals surface area contributed by atoms with Gasteiger partial charge in [0, 0.05) is 16.6 Å². The van der Waals surface area contributed by atoms with Gasteiger partial charge in [0.15, 0.2) is 29.6 Å². The smallest absolute Gasteiger partial charge is 0.262 e. The summed E-state index contributed by atoms with van der Waals surface area (Å²) in [6, 6.07) is 10.6. The lowest BCUT2D eigenvalue weighted by atomic mass is 10.2. The number of para-hydroxylation sites is 2. The van der Waals surface area contributed by atoms with Crippen molar-refractivity contribution in [3.63, 3.8) is 0 Å². The first-order chi connectivity index (χ1) is 11.7. The number of carbonyl (C=O) groups is 1. The Morgan fingerprint density at radius 2 is 1.83 bits per heavy atom. The SMILES string of the molecule is COc1ccccc1OCC(=O)Nc1cc2c(cc1Br)OCCO2. The Balaban J connectivity index is 1.65. The minimum Gasteiger partial charge on any atom is -0.493 e. The van der Waals surface area contributed by atoms with Gasteiger partial charge < -0.3 is 24.3 Å². The zero-order chi connectivity index (χ0) is 16.9. The molecule has 0 radical (unpaired) electrons. The van der Waals surface area contributed by atoms with Gasteiger partial charge in [-0.25, -0.2) is 0 Å². The van der Waals surface area contributed by atoms with Gasteiger partial charge in [-0.2, -0.15) is 0 Å². The highest BCUT2D eigenvalue weighted by atomic mass is 79.9. The molecule has 0 fully saturated rings. The third-order valence-electron chi connectivity index (χ3n) is 3.33. The van der Waals surface area contributed by atoms with E-state index in [2.05, 4.69) is 21.2 Å². The van der Waals surface area contributed by atoms with E-state index in [4.69, 9.17) is 18.9 Å². The average molecular weight is 394 g/mol. The number of ether oxygens (including phenoxy) is 4. The molecular formula is C17H16BrNO5. The fourth-order valence-electron chi connectivity index (χ4n) is 2.23. The molecule has 0 aliphatic carbocycles. The minimum absolute atomic E-state index is 0.138. The normalized spacial score (nSPS) is 12.4. The van der Waals surface area contributed by atoms with Gasteiger partial charge in [-0.1, -0.05) is 12.1 Å². The van der Waals surface area contributed by atoms with Gasteiger partial charge in [0.05, 0.1) is 12.8 Å². The maximum atomic E-state index is 12.1. The Morgan fingerprint density at radius 3 is 2.54 bits per heavy atom. The lowest BCUT2D eigenvalue weighted by Crippen LogP contribution is -2.21. The quantitative estimate of drug-likeness (QED) is 0.844. The van der Waals surface area contributed by atoms with E-state index in [-0.39, 0.29) is 12.5 Å². The monoisotopic (exact) mass is 393 g/mol. The van der Waals surface area contributed by atoms with Crippen LogP contribution >= 0.6 is 15.9 Å². The number of methoxy groups -OCH3 is 1. The van der Waals surface area contributed by atoms with Crippen molar-refractivity contribution in [2.75, 3.05) is 32.2 Å². The molecule has 0 atom stereocenters. The first kappa shape index (κ1) is 16.4. The molecule has 1 aliphatic rings. The first-order valence-corrected chi connectivity index (χ1v) is 8.11. The number of fused-ring (bicyclic) bond motifs is 1. The molecule has 24 heavy (non-hydrogen) atoms. The van der Waals surface area contributed by atoms with Gasteiger partial charge in [-0.15, -0.1) is 0 Å². The van der Waals surface area contributed by atoms with Crippen LogP contribution in [0.2, 0.25) is 0 Å². The van der Waals surface area contributed by atoms with Crippen molar-refractivity contribution in [2.24, 2.45) is 0 Å². The fourth-order valence-corrected chi connectivity index (χ4v) is 2.65. The van der Waals surface area contributed by atoms with Crippen molar-refractivity contribution in [1.29, 1.82) is 0 Å². The zero-order valence-electron chi connectivity index (χ0n) is 13.0. The highest BCUT2D eigenvalue weighted by Gasteiger charge is 2.16. The molecule has 2 aromatic rings. The van der Waals surface area contributed by atoms with Crippen LogP contribution in [0.5, 0.6) is 23.0 Å². The maximum absolute atomic E-state index is 12.1. The molecular weight excluding hydrogens is 378 g/mol. The van der Waals surface area contributed by atoms with Gasteiger partial charge in [0.2, 0.25) is 0 Å². The number of hydrogen-bond donors (Lipinski definition) is 1. The molecule has 0 bridgehead atoms. The molecule has 3 rings (SSSR count). The summed E-state index contributed by atoms with van der Waals surface area (Å²) < 4.78 is 22.4. The molecule has 0 saturated heterocycles. The summed E-state index contributed by atoms with van der Waals surface area (Å²) in [6.45, 7) is 0.859. The molecule has 1 N–H and O–H groups in total. The Bertz CT molecular complexity index is 750. The second-order valence-electron chi connectivity index (χ2n) is 4.96. The van der Waals surface area contributed by atoms with Crippen molar-refractivity contribution in [1.82, 2.24) is 0 Å². The Hall–Kier alpha value is -2.41. The molecule has 6 nitrogen and oxygen atoms in total. The Labute approximate surface area is 147 Å².